The van der Waals surface area contributed by atoms with Crippen molar-refractivity contribution in [1.82, 2.24) is 29.7 Å². The predicted molar refractivity (Wildman–Crippen MR) is 64.9 cm³/mol. The summed E-state index contributed by atoms with van der Waals surface area (Å²) in [5.41, 5.74) is 3.02. The van der Waals surface area contributed by atoms with Crippen LogP contribution in [0.4, 0.5) is 0 Å². The van der Waals surface area contributed by atoms with Crippen LogP contribution in [0.25, 0.3) is 22.5 Å². The second kappa shape index (κ2) is 4.02. The van der Waals surface area contributed by atoms with Gasteiger partial charge in [0.2, 0.25) is 0 Å². The van der Waals surface area contributed by atoms with Crippen LogP contribution in [-0.2, 0) is 0 Å². The molecule has 0 spiro atoms. The maximum Gasteiger partial charge on any atom is 0.312 e. The first kappa shape index (κ1) is 10.6. The second-order valence-corrected chi connectivity index (χ2v) is 3.39. The van der Waals surface area contributed by atoms with Crippen molar-refractivity contribution in [3.63, 3.8) is 0 Å². The van der Waals surface area contributed by atoms with Gasteiger partial charge in [0.15, 0.2) is 5.52 Å². The molecule has 1 N–H and O–H groups in total. The molecule has 7 heteroatoms. The fourth-order valence-corrected chi connectivity index (χ4v) is 1.83. The first-order valence-corrected chi connectivity index (χ1v) is 5.76. The highest BCUT2D eigenvalue weighted by Crippen LogP contribution is 2.06. The van der Waals surface area contributed by atoms with Gasteiger partial charge in [-0.3, -0.25) is 0 Å². The van der Waals surface area contributed by atoms with E-state index >= 15 is 0 Å². The minimum absolute atomic E-state index is 0.718. The van der Waals surface area contributed by atoms with Gasteiger partial charge in [0.1, 0.15) is 12.4 Å². The van der Waals surface area contributed by atoms with Crippen LogP contribution in [0.1, 0.15) is 13.8 Å². The van der Waals surface area contributed by atoms with Crippen LogP contribution in [0.2, 0.25) is 0 Å². The molecule has 0 aromatic carbocycles. The lowest BCUT2D eigenvalue weighted by Gasteiger charge is -1.82. The number of aromatic amines is 1. The summed E-state index contributed by atoms with van der Waals surface area (Å²) < 4.78 is 3.61. The van der Waals surface area contributed by atoms with Gasteiger partial charge in [0.05, 0.1) is 18.6 Å². The summed E-state index contributed by atoms with van der Waals surface area (Å²) in [6, 6.07) is 0. The molecule has 7 nitrogen and oxygen atoms in total. The van der Waals surface area contributed by atoms with Crippen molar-refractivity contribution in [3.8, 4) is 0 Å². The van der Waals surface area contributed by atoms with Crippen LogP contribution < -0.4 is 4.52 Å². The summed E-state index contributed by atoms with van der Waals surface area (Å²) >= 11 is 0. The molecule has 0 saturated carbocycles. The monoisotopic (exact) mass is 242 g/mol. The minimum Gasteiger partial charge on any atom is -0.246 e. The van der Waals surface area contributed by atoms with E-state index in [9.17, 15) is 0 Å². The highest BCUT2D eigenvalue weighted by atomic mass is 15.5. The Morgan fingerprint density at radius 3 is 2.44 bits per heavy atom. The highest BCUT2D eigenvalue weighted by Gasteiger charge is 2.17. The van der Waals surface area contributed by atoms with Gasteiger partial charge in [0.25, 0.3) is 11.3 Å². The third kappa shape index (κ3) is 1.33. The molecule has 0 bridgehead atoms. The first-order chi connectivity index (χ1) is 8.93. The third-order valence-electron chi connectivity index (χ3n) is 2.47. The van der Waals surface area contributed by atoms with Gasteiger partial charge in [-0.25, -0.2) is 15.1 Å². The molecule has 4 aromatic heterocycles. The highest BCUT2D eigenvalue weighted by molar-refractivity contribution is 5.68. The molecule has 90 valence electrons. The Bertz CT molecular complexity index is 748. The lowest BCUT2D eigenvalue weighted by atomic mass is 10.5. The topological polar surface area (TPSA) is 75.9 Å². The van der Waals surface area contributed by atoms with E-state index in [1.54, 1.807) is 29.4 Å². The van der Waals surface area contributed by atoms with E-state index in [1.165, 1.54) is 0 Å². The Kier molecular flexibility index (Phi) is 2.36. The minimum atomic E-state index is 0.718. The Labute approximate surface area is 102 Å². The normalized spacial score (nSPS) is 10.8. The standard InChI is InChI=1S/C9H6N7.C2H6/c1-3-12-8-6(10-1)5-15-14-7-9(16(8)15)13-4-2-11-7;1-2/h1-5H,(H,11,14);1-2H3/q+1;. The molecule has 0 aliphatic rings. The molecule has 0 unspecified atom stereocenters. The molecule has 0 saturated heterocycles. The molecule has 18 heavy (non-hydrogen) atoms. The van der Waals surface area contributed by atoms with Crippen molar-refractivity contribution in [2.24, 2.45) is 0 Å². The van der Waals surface area contributed by atoms with Crippen LogP contribution in [-0.4, -0.2) is 29.7 Å². The van der Waals surface area contributed by atoms with E-state index < -0.39 is 0 Å². The fourth-order valence-electron chi connectivity index (χ4n) is 1.83. The zero-order chi connectivity index (χ0) is 12.5. The maximum atomic E-state index is 4.28. The summed E-state index contributed by atoms with van der Waals surface area (Å²) in [6.45, 7) is 4.00. The fraction of sp³-hybridized carbons (Fsp3) is 0.182. The van der Waals surface area contributed by atoms with Gasteiger partial charge in [-0.1, -0.05) is 13.8 Å². The quantitative estimate of drug-likeness (QED) is 0.462. The van der Waals surface area contributed by atoms with Crippen LogP contribution in [0, 0.1) is 0 Å². The Morgan fingerprint density at radius 2 is 1.61 bits per heavy atom. The number of aromatic nitrogens is 7. The smallest absolute Gasteiger partial charge is 0.246 e. The Balaban J connectivity index is 0.000000478. The van der Waals surface area contributed by atoms with E-state index in [2.05, 4.69) is 25.0 Å². The lowest BCUT2D eigenvalue weighted by Crippen LogP contribution is -2.27. The molecular formula is C11H12N7+. The molecule has 4 heterocycles. The molecule has 0 radical (unpaired) electrons. The van der Waals surface area contributed by atoms with E-state index in [-0.39, 0.29) is 0 Å². The SMILES string of the molecule is CC.c1cnc2c(cn3[nH]c4nccnc4[n+]23)n1. The van der Waals surface area contributed by atoms with Gasteiger partial charge < -0.3 is 0 Å². The number of nitrogens with zero attached hydrogens (tertiary/aromatic N) is 6. The van der Waals surface area contributed by atoms with Crippen molar-refractivity contribution in [2.75, 3.05) is 0 Å². The van der Waals surface area contributed by atoms with E-state index in [0.29, 0.717) is 0 Å². The van der Waals surface area contributed by atoms with Gasteiger partial charge in [-0.15, -0.1) is 19.1 Å². The van der Waals surface area contributed by atoms with E-state index in [1.807, 2.05) is 24.6 Å². The van der Waals surface area contributed by atoms with Crippen molar-refractivity contribution in [3.05, 3.63) is 31.0 Å². The van der Waals surface area contributed by atoms with E-state index in [4.69, 9.17) is 0 Å². The molecule has 0 fully saturated rings. The summed E-state index contributed by atoms with van der Waals surface area (Å²) in [5, 5.41) is 3.09. The number of hydrogen-bond donors (Lipinski definition) is 1. The lowest BCUT2D eigenvalue weighted by molar-refractivity contribution is -0.570. The molecular weight excluding hydrogens is 230 g/mol. The van der Waals surface area contributed by atoms with E-state index in [0.717, 1.165) is 22.5 Å². The number of rotatable bonds is 0. The molecule has 0 amide bonds. The number of fused-ring (bicyclic) bond motifs is 5. The van der Waals surface area contributed by atoms with Crippen molar-refractivity contribution < 1.29 is 4.52 Å². The predicted octanol–water partition coefficient (Wildman–Crippen LogP) is 0.765. The number of hydrogen-bond acceptors (Lipinski definition) is 4. The molecule has 0 aliphatic heterocycles. The Hall–Kier alpha value is -2.57. The van der Waals surface area contributed by atoms with Crippen molar-refractivity contribution in [1.29, 1.82) is 0 Å². The maximum absolute atomic E-state index is 4.28. The zero-order valence-corrected chi connectivity index (χ0v) is 10.1. The largest absolute Gasteiger partial charge is 0.312 e. The van der Waals surface area contributed by atoms with Crippen LogP contribution >= 0.6 is 0 Å². The summed E-state index contributed by atoms with van der Waals surface area (Å²) in [5.74, 6) is 0. The molecule has 4 rings (SSSR count). The average Bonchev–Trinajstić information content (AvgIpc) is 2.96. The van der Waals surface area contributed by atoms with Crippen molar-refractivity contribution >= 4 is 22.5 Å². The molecule has 0 atom stereocenters. The van der Waals surface area contributed by atoms with Crippen molar-refractivity contribution in [2.45, 2.75) is 13.8 Å². The van der Waals surface area contributed by atoms with Gasteiger partial charge >= 0.3 is 5.65 Å². The van der Waals surface area contributed by atoms with Gasteiger partial charge in [-0.05, 0) is 0 Å². The molecule has 4 aromatic rings. The summed E-state index contributed by atoms with van der Waals surface area (Å²) in [4.78, 5) is 17.0. The van der Waals surface area contributed by atoms with Gasteiger partial charge in [0, 0.05) is 0 Å². The summed E-state index contributed by atoms with van der Waals surface area (Å²) in [7, 11) is 0. The number of nitrogens with one attached hydrogen (secondary N) is 1. The second-order valence-electron chi connectivity index (χ2n) is 3.39. The van der Waals surface area contributed by atoms with Crippen LogP contribution in [0.15, 0.2) is 31.0 Å². The van der Waals surface area contributed by atoms with Crippen LogP contribution in [0.3, 0.4) is 0 Å². The van der Waals surface area contributed by atoms with Gasteiger partial charge in [-0.2, -0.15) is 0 Å². The number of H-pyrrole nitrogens is 1. The summed E-state index contributed by atoms with van der Waals surface area (Å²) in [6.07, 6.45) is 8.47. The van der Waals surface area contributed by atoms with Crippen LogP contribution in [0.5, 0.6) is 0 Å². The molecule has 0 aliphatic carbocycles. The Morgan fingerprint density at radius 1 is 0.944 bits per heavy atom. The first-order valence-electron chi connectivity index (χ1n) is 5.76. The zero-order valence-electron chi connectivity index (χ0n) is 10.1. The average molecular weight is 242 g/mol. The third-order valence-corrected chi connectivity index (χ3v) is 2.47.